The van der Waals surface area contributed by atoms with Crippen molar-refractivity contribution in [2.75, 3.05) is 0 Å². The normalized spacial score (nSPS) is 11.5. The second-order valence-electron chi connectivity index (χ2n) is 5.36. The molecule has 0 fully saturated rings. The van der Waals surface area contributed by atoms with Gasteiger partial charge in [0.25, 0.3) is 0 Å². The summed E-state index contributed by atoms with van der Waals surface area (Å²) in [6, 6.07) is 6.23. The first-order valence-electron chi connectivity index (χ1n) is 7.01. The maximum atomic E-state index is 14.1. The molecule has 0 aliphatic carbocycles. The van der Waals surface area contributed by atoms with Crippen molar-refractivity contribution >= 4 is 5.97 Å². The minimum Gasteiger partial charge on any atom is -0.507 e. The molecule has 7 heteroatoms. The molecule has 0 aliphatic rings. The lowest BCUT2D eigenvalue weighted by atomic mass is 9.93. The van der Waals surface area contributed by atoms with Crippen molar-refractivity contribution in [1.82, 2.24) is 0 Å². The van der Waals surface area contributed by atoms with E-state index in [1.165, 1.54) is 12.1 Å². The Bertz CT molecular complexity index is 762. The Morgan fingerprint density at radius 1 is 1.21 bits per heavy atom. The zero-order valence-corrected chi connectivity index (χ0v) is 12.6. The van der Waals surface area contributed by atoms with Gasteiger partial charge < -0.3 is 10.2 Å². The molecule has 0 saturated heterocycles. The molecular formula is C17H14F4O3. The molecule has 2 N–H and O–H groups in total. The number of hydrogen-bond acceptors (Lipinski definition) is 2. The largest absolute Gasteiger partial charge is 0.507 e. The third-order valence-electron chi connectivity index (χ3n) is 3.60. The van der Waals surface area contributed by atoms with Gasteiger partial charge in [0.2, 0.25) is 0 Å². The number of carbonyl (C=O) groups is 1. The number of aromatic hydroxyl groups is 1. The molecule has 0 atom stereocenters. The number of hydrogen-bond donors (Lipinski definition) is 2. The zero-order valence-electron chi connectivity index (χ0n) is 12.6. The second-order valence-corrected chi connectivity index (χ2v) is 5.36. The van der Waals surface area contributed by atoms with Crippen LogP contribution in [0.3, 0.4) is 0 Å². The maximum absolute atomic E-state index is 14.1. The molecular weight excluding hydrogens is 328 g/mol. The van der Waals surface area contributed by atoms with Crippen LogP contribution >= 0.6 is 0 Å². The highest BCUT2D eigenvalue weighted by Crippen LogP contribution is 2.39. The van der Waals surface area contributed by atoms with Gasteiger partial charge in [-0.3, -0.25) is 4.79 Å². The summed E-state index contributed by atoms with van der Waals surface area (Å²) < 4.78 is 53.5. The predicted molar refractivity (Wildman–Crippen MR) is 79.2 cm³/mol. The van der Waals surface area contributed by atoms with E-state index in [0.29, 0.717) is 11.6 Å². The maximum Gasteiger partial charge on any atom is 0.419 e. The van der Waals surface area contributed by atoms with Gasteiger partial charge in [-0.05, 0) is 48.2 Å². The van der Waals surface area contributed by atoms with Gasteiger partial charge in [0.1, 0.15) is 11.6 Å². The molecule has 0 aromatic heterocycles. The average molecular weight is 342 g/mol. The lowest BCUT2D eigenvalue weighted by molar-refractivity contribution is -0.140. The Labute approximate surface area is 135 Å². The highest BCUT2D eigenvalue weighted by Gasteiger charge is 2.36. The fourth-order valence-electron chi connectivity index (χ4n) is 2.49. The van der Waals surface area contributed by atoms with Crippen LogP contribution in [0.25, 0.3) is 11.1 Å². The minimum atomic E-state index is -4.93. The van der Waals surface area contributed by atoms with E-state index < -0.39 is 29.9 Å². The molecule has 0 heterocycles. The minimum absolute atomic E-state index is 0.0142. The number of aryl methyl sites for hydroxylation is 2. The topological polar surface area (TPSA) is 57.5 Å². The van der Waals surface area contributed by atoms with Crippen molar-refractivity contribution in [2.45, 2.75) is 25.9 Å². The Kier molecular flexibility index (Phi) is 4.82. The van der Waals surface area contributed by atoms with E-state index in [-0.39, 0.29) is 28.9 Å². The molecule has 0 amide bonds. The predicted octanol–water partition coefficient (Wildman–Crippen LogP) is 4.54. The summed E-state index contributed by atoms with van der Waals surface area (Å²) in [6.07, 6.45) is -5.82. The number of benzene rings is 2. The van der Waals surface area contributed by atoms with E-state index in [0.717, 1.165) is 6.07 Å². The van der Waals surface area contributed by atoms with Crippen LogP contribution in [0, 0.1) is 12.7 Å². The van der Waals surface area contributed by atoms with E-state index in [4.69, 9.17) is 5.11 Å². The van der Waals surface area contributed by atoms with Crippen LogP contribution in [-0.2, 0) is 17.4 Å². The molecule has 0 bridgehead atoms. The summed E-state index contributed by atoms with van der Waals surface area (Å²) in [5.41, 5.74) is -1.19. The summed E-state index contributed by atoms with van der Waals surface area (Å²) >= 11 is 0. The highest BCUT2D eigenvalue weighted by atomic mass is 19.4. The molecule has 0 radical (unpaired) electrons. The lowest BCUT2D eigenvalue weighted by Crippen LogP contribution is -2.11. The van der Waals surface area contributed by atoms with Crippen LogP contribution in [0.1, 0.15) is 23.1 Å². The fraction of sp³-hybridized carbons (Fsp3) is 0.235. The standard InChI is InChI=1S/C17H14F4O3/c1-9-3-2-4-13(22)15(9)11-7-10(5-6-14(23)24)16(18)12(8-11)17(19,20)21/h2-4,7-8,22H,5-6H2,1H3,(H,23,24). The summed E-state index contributed by atoms with van der Waals surface area (Å²) in [4.78, 5) is 10.6. The third kappa shape index (κ3) is 3.67. The Morgan fingerprint density at radius 3 is 2.42 bits per heavy atom. The molecule has 24 heavy (non-hydrogen) atoms. The molecule has 3 nitrogen and oxygen atoms in total. The van der Waals surface area contributed by atoms with Gasteiger partial charge in [0, 0.05) is 12.0 Å². The van der Waals surface area contributed by atoms with E-state index in [9.17, 15) is 27.5 Å². The first-order valence-corrected chi connectivity index (χ1v) is 7.01. The molecule has 0 unspecified atom stereocenters. The molecule has 2 aromatic rings. The molecule has 2 rings (SSSR count). The third-order valence-corrected chi connectivity index (χ3v) is 3.60. The van der Waals surface area contributed by atoms with E-state index in [1.54, 1.807) is 13.0 Å². The first-order chi connectivity index (χ1) is 11.1. The number of rotatable bonds is 4. The number of phenols is 1. The van der Waals surface area contributed by atoms with Gasteiger partial charge in [-0.25, -0.2) is 4.39 Å². The van der Waals surface area contributed by atoms with E-state index in [2.05, 4.69) is 0 Å². The van der Waals surface area contributed by atoms with Crippen molar-refractivity contribution in [1.29, 1.82) is 0 Å². The van der Waals surface area contributed by atoms with E-state index >= 15 is 0 Å². The van der Waals surface area contributed by atoms with Crippen molar-refractivity contribution < 1.29 is 32.6 Å². The fourth-order valence-corrected chi connectivity index (χ4v) is 2.49. The van der Waals surface area contributed by atoms with Crippen LogP contribution in [0.4, 0.5) is 17.6 Å². The van der Waals surface area contributed by atoms with Gasteiger partial charge >= 0.3 is 12.1 Å². The smallest absolute Gasteiger partial charge is 0.419 e. The number of carboxylic acid groups (broad SMARTS) is 1. The Balaban J connectivity index is 2.68. The number of carboxylic acids is 1. The second kappa shape index (κ2) is 6.51. The Morgan fingerprint density at radius 2 is 1.88 bits per heavy atom. The monoisotopic (exact) mass is 342 g/mol. The van der Waals surface area contributed by atoms with Crippen molar-refractivity contribution in [2.24, 2.45) is 0 Å². The van der Waals surface area contributed by atoms with Crippen LogP contribution in [0.15, 0.2) is 30.3 Å². The van der Waals surface area contributed by atoms with Gasteiger partial charge in [-0.15, -0.1) is 0 Å². The van der Waals surface area contributed by atoms with Crippen molar-refractivity contribution in [3.63, 3.8) is 0 Å². The quantitative estimate of drug-likeness (QED) is 0.802. The van der Waals surface area contributed by atoms with Crippen molar-refractivity contribution in [3.05, 3.63) is 52.8 Å². The number of phenolic OH excluding ortho intramolecular Hbond substituents is 1. The van der Waals surface area contributed by atoms with Crippen LogP contribution in [0.5, 0.6) is 5.75 Å². The number of halogens is 4. The SMILES string of the molecule is Cc1cccc(O)c1-c1cc(CCC(=O)O)c(F)c(C(F)(F)F)c1. The van der Waals surface area contributed by atoms with Crippen molar-refractivity contribution in [3.8, 4) is 16.9 Å². The summed E-state index contributed by atoms with van der Waals surface area (Å²) in [7, 11) is 0. The number of alkyl halides is 3. The van der Waals surface area contributed by atoms with Crippen LogP contribution < -0.4 is 0 Å². The molecule has 0 spiro atoms. The highest BCUT2D eigenvalue weighted by molar-refractivity contribution is 5.75. The molecule has 2 aromatic carbocycles. The zero-order chi connectivity index (χ0) is 18.1. The van der Waals surface area contributed by atoms with Gasteiger partial charge in [0.15, 0.2) is 0 Å². The van der Waals surface area contributed by atoms with Gasteiger partial charge in [-0.2, -0.15) is 13.2 Å². The van der Waals surface area contributed by atoms with Crippen LogP contribution in [-0.4, -0.2) is 16.2 Å². The summed E-state index contributed by atoms with van der Waals surface area (Å²) in [6.45, 7) is 1.60. The lowest BCUT2D eigenvalue weighted by Gasteiger charge is -2.16. The van der Waals surface area contributed by atoms with Gasteiger partial charge in [-0.1, -0.05) is 12.1 Å². The molecule has 0 aliphatic heterocycles. The van der Waals surface area contributed by atoms with E-state index in [1.807, 2.05) is 0 Å². The summed E-state index contributed by atoms with van der Waals surface area (Å²) in [5, 5.41) is 18.6. The molecule has 128 valence electrons. The average Bonchev–Trinajstić information content (AvgIpc) is 2.45. The summed E-state index contributed by atoms with van der Waals surface area (Å²) in [5.74, 6) is -2.97. The van der Waals surface area contributed by atoms with Crippen LogP contribution in [0.2, 0.25) is 0 Å². The number of aliphatic carboxylic acids is 1. The molecule has 0 saturated carbocycles. The first kappa shape index (κ1) is 17.8. The van der Waals surface area contributed by atoms with Gasteiger partial charge in [0.05, 0.1) is 5.56 Å². The Hall–Kier alpha value is -2.57.